The summed E-state index contributed by atoms with van der Waals surface area (Å²) < 4.78 is 0. The van der Waals surface area contributed by atoms with E-state index in [2.05, 4.69) is 4.90 Å². The van der Waals surface area contributed by atoms with Gasteiger partial charge in [0.05, 0.1) is 6.10 Å². The molecule has 5 heteroatoms. The Hall–Kier alpha value is -0.810. The summed E-state index contributed by atoms with van der Waals surface area (Å²) in [5, 5.41) is 19.6. The van der Waals surface area contributed by atoms with Gasteiger partial charge in [-0.2, -0.15) is 0 Å². The molecule has 0 aromatic heterocycles. The summed E-state index contributed by atoms with van der Waals surface area (Å²) in [5.41, 5.74) is -0.377. The maximum absolute atomic E-state index is 11.5. The van der Waals surface area contributed by atoms with Gasteiger partial charge in [-0.05, 0) is 40.0 Å². The van der Waals surface area contributed by atoms with Gasteiger partial charge in [0, 0.05) is 30.7 Å². The van der Waals surface area contributed by atoms with Crippen molar-refractivity contribution in [1.82, 2.24) is 9.80 Å². The third-order valence-corrected chi connectivity index (χ3v) is 4.65. The SMILES string of the molecule is CC(C)(C)N(C(=O)O)[C@@H]1CCN([C@H]2CCCC[C@@H]2O)C1. The van der Waals surface area contributed by atoms with E-state index in [0.29, 0.717) is 0 Å². The number of likely N-dealkylation sites (tertiary alicyclic amines) is 1. The first-order valence-electron chi connectivity index (χ1n) is 7.75. The van der Waals surface area contributed by atoms with Crippen LogP contribution in [0.3, 0.4) is 0 Å². The fourth-order valence-corrected chi connectivity index (χ4v) is 3.79. The number of aliphatic hydroxyl groups excluding tert-OH is 1. The first-order valence-corrected chi connectivity index (χ1v) is 7.75. The van der Waals surface area contributed by atoms with E-state index in [4.69, 9.17) is 0 Å². The van der Waals surface area contributed by atoms with Gasteiger partial charge >= 0.3 is 6.09 Å². The zero-order valence-electron chi connectivity index (χ0n) is 12.9. The van der Waals surface area contributed by atoms with Crippen LogP contribution in [-0.2, 0) is 0 Å². The fourth-order valence-electron chi connectivity index (χ4n) is 3.79. The lowest BCUT2D eigenvalue weighted by molar-refractivity contribution is 0.0232. The van der Waals surface area contributed by atoms with E-state index < -0.39 is 6.09 Å². The first-order chi connectivity index (χ1) is 9.30. The van der Waals surface area contributed by atoms with Crippen molar-refractivity contribution in [3.05, 3.63) is 0 Å². The van der Waals surface area contributed by atoms with Crippen LogP contribution in [0.2, 0.25) is 0 Å². The zero-order valence-corrected chi connectivity index (χ0v) is 12.9. The molecule has 2 N–H and O–H groups in total. The lowest BCUT2D eigenvalue weighted by atomic mass is 9.91. The molecule has 2 fully saturated rings. The highest BCUT2D eigenvalue weighted by Crippen LogP contribution is 2.30. The summed E-state index contributed by atoms with van der Waals surface area (Å²) in [7, 11) is 0. The molecule has 0 aromatic carbocycles. The normalized spacial score (nSPS) is 32.3. The van der Waals surface area contributed by atoms with Crippen molar-refractivity contribution in [2.45, 2.75) is 76.6 Å². The summed E-state index contributed by atoms with van der Waals surface area (Å²) in [6, 6.07) is 0.269. The predicted molar refractivity (Wildman–Crippen MR) is 77.9 cm³/mol. The molecular weight excluding hydrogens is 256 g/mol. The molecule has 0 unspecified atom stereocenters. The van der Waals surface area contributed by atoms with Crippen molar-refractivity contribution in [2.75, 3.05) is 13.1 Å². The van der Waals surface area contributed by atoms with Crippen LogP contribution >= 0.6 is 0 Å². The molecule has 116 valence electrons. The van der Waals surface area contributed by atoms with E-state index in [1.54, 1.807) is 4.90 Å². The second kappa shape index (κ2) is 5.90. The maximum atomic E-state index is 11.5. The third kappa shape index (κ3) is 3.26. The number of hydrogen-bond acceptors (Lipinski definition) is 3. The largest absolute Gasteiger partial charge is 0.465 e. The van der Waals surface area contributed by atoms with Crippen LogP contribution in [-0.4, -0.2) is 62.9 Å². The van der Waals surface area contributed by atoms with Gasteiger partial charge in [-0.3, -0.25) is 9.80 Å². The number of nitrogens with zero attached hydrogens (tertiary/aromatic N) is 2. The zero-order chi connectivity index (χ0) is 14.9. The van der Waals surface area contributed by atoms with Crippen molar-refractivity contribution >= 4 is 6.09 Å². The van der Waals surface area contributed by atoms with Crippen LogP contribution in [0.4, 0.5) is 4.79 Å². The monoisotopic (exact) mass is 284 g/mol. The molecule has 1 heterocycles. The standard InChI is InChI=1S/C15H28N2O3/c1-15(2,3)17(14(19)20)11-8-9-16(10-11)12-6-4-5-7-13(12)18/h11-13,18H,4-10H2,1-3H3,(H,19,20)/t11-,12+,13+/m1/s1. The molecule has 2 rings (SSSR count). The number of rotatable bonds is 2. The molecule has 1 aliphatic heterocycles. The van der Waals surface area contributed by atoms with Crippen LogP contribution in [0, 0.1) is 0 Å². The Morgan fingerprint density at radius 3 is 2.40 bits per heavy atom. The molecule has 0 spiro atoms. The van der Waals surface area contributed by atoms with E-state index in [9.17, 15) is 15.0 Å². The van der Waals surface area contributed by atoms with Crippen molar-refractivity contribution < 1.29 is 15.0 Å². The molecule has 3 atom stereocenters. The summed E-state index contributed by atoms with van der Waals surface area (Å²) in [5.74, 6) is 0. The Kier molecular flexibility index (Phi) is 4.59. The Balaban J connectivity index is 2.02. The minimum Gasteiger partial charge on any atom is -0.465 e. The summed E-state index contributed by atoms with van der Waals surface area (Å²) >= 11 is 0. The topological polar surface area (TPSA) is 64.0 Å². The highest BCUT2D eigenvalue weighted by molar-refractivity contribution is 5.66. The summed E-state index contributed by atoms with van der Waals surface area (Å²) in [6.45, 7) is 7.48. The van der Waals surface area contributed by atoms with Crippen LogP contribution in [0.15, 0.2) is 0 Å². The molecule has 20 heavy (non-hydrogen) atoms. The molecular formula is C15H28N2O3. The number of hydrogen-bond donors (Lipinski definition) is 2. The molecule has 1 saturated heterocycles. The lowest BCUT2D eigenvalue weighted by Gasteiger charge is -2.39. The van der Waals surface area contributed by atoms with E-state index in [1.165, 1.54) is 6.42 Å². The second-order valence-corrected chi connectivity index (χ2v) is 7.18. The van der Waals surface area contributed by atoms with E-state index in [1.807, 2.05) is 20.8 Å². The molecule has 2 aliphatic rings. The van der Waals surface area contributed by atoms with E-state index in [0.717, 1.165) is 38.8 Å². The van der Waals surface area contributed by atoms with Crippen molar-refractivity contribution in [2.24, 2.45) is 0 Å². The van der Waals surface area contributed by atoms with Gasteiger partial charge in [0.25, 0.3) is 0 Å². The highest BCUT2D eigenvalue weighted by atomic mass is 16.4. The van der Waals surface area contributed by atoms with Gasteiger partial charge in [-0.25, -0.2) is 4.79 Å². The Bertz CT molecular complexity index is 354. The fraction of sp³-hybridized carbons (Fsp3) is 0.933. The number of carbonyl (C=O) groups is 1. The predicted octanol–water partition coefficient (Wildman–Crippen LogP) is 2.14. The van der Waals surface area contributed by atoms with Crippen LogP contribution in [0.1, 0.15) is 52.9 Å². The Morgan fingerprint density at radius 1 is 1.20 bits per heavy atom. The van der Waals surface area contributed by atoms with E-state index in [-0.39, 0.29) is 23.7 Å². The summed E-state index contributed by atoms with van der Waals surface area (Å²) in [6.07, 6.45) is 3.99. The number of aliphatic hydroxyl groups is 1. The molecule has 0 aromatic rings. The van der Waals surface area contributed by atoms with Crippen molar-refractivity contribution in [3.8, 4) is 0 Å². The van der Waals surface area contributed by atoms with Gasteiger partial charge in [0.15, 0.2) is 0 Å². The average Bonchev–Trinajstić information content (AvgIpc) is 2.76. The molecule has 5 nitrogen and oxygen atoms in total. The number of amides is 1. The highest BCUT2D eigenvalue weighted by Gasteiger charge is 2.40. The van der Waals surface area contributed by atoms with Crippen LogP contribution < -0.4 is 0 Å². The minimum absolute atomic E-state index is 0.0432. The van der Waals surface area contributed by atoms with Gasteiger partial charge in [-0.1, -0.05) is 12.8 Å². The first kappa shape index (κ1) is 15.6. The number of carboxylic acid groups (broad SMARTS) is 1. The smallest absolute Gasteiger partial charge is 0.408 e. The summed E-state index contributed by atoms with van der Waals surface area (Å²) in [4.78, 5) is 15.4. The Labute approximate surface area is 121 Å². The van der Waals surface area contributed by atoms with Gasteiger partial charge < -0.3 is 10.2 Å². The Morgan fingerprint density at radius 2 is 1.85 bits per heavy atom. The van der Waals surface area contributed by atoms with Crippen molar-refractivity contribution in [1.29, 1.82) is 0 Å². The second-order valence-electron chi connectivity index (χ2n) is 7.18. The molecule has 0 bridgehead atoms. The average molecular weight is 284 g/mol. The molecule has 1 saturated carbocycles. The molecule has 0 radical (unpaired) electrons. The maximum Gasteiger partial charge on any atom is 0.408 e. The molecule has 1 aliphatic carbocycles. The van der Waals surface area contributed by atoms with Gasteiger partial charge in [0.2, 0.25) is 0 Å². The van der Waals surface area contributed by atoms with Crippen LogP contribution in [0.25, 0.3) is 0 Å². The quantitative estimate of drug-likeness (QED) is 0.815. The molecule has 1 amide bonds. The van der Waals surface area contributed by atoms with Crippen molar-refractivity contribution in [3.63, 3.8) is 0 Å². The minimum atomic E-state index is -0.839. The van der Waals surface area contributed by atoms with Gasteiger partial charge in [0.1, 0.15) is 0 Å². The van der Waals surface area contributed by atoms with Crippen LogP contribution in [0.5, 0.6) is 0 Å². The van der Waals surface area contributed by atoms with E-state index >= 15 is 0 Å². The van der Waals surface area contributed by atoms with Gasteiger partial charge in [-0.15, -0.1) is 0 Å². The lowest BCUT2D eigenvalue weighted by Crippen LogP contribution is -2.53. The third-order valence-electron chi connectivity index (χ3n) is 4.65.